The number of nitrogens with zero attached hydrogens (tertiary/aromatic N) is 3. The topological polar surface area (TPSA) is 43.9 Å². The number of carbonyl (C=O) groups excluding carboxylic acids is 2. The van der Waals surface area contributed by atoms with Crippen LogP contribution < -0.4 is 9.80 Å². The molecule has 0 radical (unpaired) electrons. The minimum Gasteiger partial charge on any atom is -0.365 e. The highest BCUT2D eigenvalue weighted by Crippen LogP contribution is 2.38. The normalized spacial score (nSPS) is 21.4. The molecule has 5 nitrogen and oxygen atoms in total. The molecule has 1 atom stereocenters. The lowest BCUT2D eigenvalue weighted by Gasteiger charge is -2.37. The summed E-state index contributed by atoms with van der Waals surface area (Å²) in [5.74, 6) is -3.35. The molecule has 8 heteroatoms. The van der Waals surface area contributed by atoms with Gasteiger partial charge in [-0.3, -0.25) is 4.79 Å². The van der Waals surface area contributed by atoms with Crippen molar-refractivity contribution in [3.63, 3.8) is 0 Å². The summed E-state index contributed by atoms with van der Waals surface area (Å²) in [6.07, 6.45) is 0.445. The quantitative estimate of drug-likeness (QED) is 0.605. The van der Waals surface area contributed by atoms with Crippen LogP contribution in [-0.4, -0.2) is 70.0 Å². The molecule has 2 aliphatic rings. The molecule has 1 aromatic carbocycles. The van der Waals surface area contributed by atoms with E-state index < -0.39 is 30.0 Å². The summed E-state index contributed by atoms with van der Waals surface area (Å²) in [6, 6.07) is 0.981. The SMILES string of the molecule is CN1CCN(c2c(F)cc3c(c2F)N(CCF)CC(C=O)C3=O)CC1. The van der Waals surface area contributed by atoms with Gasteiger partial charge >= 0.3 is 0 Å². The van der Waals surface area contributed by atoms with E-state index in [1.807, 2.05) is 7.05 Å². The van der Waals surface area contributed by atoms with Crippen LogP contribution in [0.4, 0.5) is 24.5 Å². The number of ketones is 1. The molecule has 2 aliphatic heterocycles. The molecular weight excluding hydrogens is 335 g/mol. The van der Waals surface area contributed by atoms with E-state index in [0.717, 1.165) is 6.07 Å². The van der Waals surface area contributed by atoms with E-state index in [-0.39, 0.29) is 30.0 Å². The van der Waals surface area contributed by atoms with E-state index in [1.165, 1.54) is 4.90 Å². The Hall–Kier alpha value is -2.09. The fourth-order valence-corrected chi connectivity index (χ4v) is 3.44. The molecule has 0 bridgehead atoms. The molecule has 0 aliphatic carbocycles. The maximum absolute atomic E-state index is 15.2. The second-order valence-corrected chi connectivity index (χ2v) is 6.45. The molecule has 1 fully saturated rings. The minimum absolute atomic E-state index is 0.0933. The van der Waals surface area contributed by atoms with Gasteiger partial charge in [0.25, 0.3) is 0 Å². The summed E-state index contributed by atoms with van der Waals surface area (Å²) in [4.78, 5) is 28.4. The lowest BCUT2D eigenvalue weighted by atomic mass is 9.91. The predicted octanol–water partition coefficient (Wildman–Crippen LogP) is 1.50. The first kappa shape index (κ1) is 17.7. The molecule has 2 heterocycles. The van der Waals surface area contributed by atoms with Crippen molar-refractivity contribution in [1.29, 1.82) is 0 Å². The van der Waals surface area contributed by atoms with Crippen LogP contribution in [0.15, 0.2) is 6.07 Å². The first-order valence-electron chi connectivity index (χ1n) is 8.23. The van der Waals surface area contributed by atoms with Crippen molar-refractivity contribution in [2.24, 2.45) is 5.92 Å². The average Bonchev–Trinajstić information content (AvgIpc) is 2.59. The number of fused-ring (bicyclic) bond motifs is 1. The molecule has 0 spiro atoms. The van der Waals surface area contributed by atoms with Crippen LogP contribution >= 0.6 is 0 Å². The number of Topliss-reactive ketones (excluding diaryl/α,β-unsaturated/α-hetero) is 1. The van der Waals surface area contributed by atoms with Gasteiger partial charge in [0.15, 0.2) is 11.6 Å². The summed E-state index contributed by atoms with van der Waals surface area (Å²) >= 11 is 0. The highest BCUT2D eigenvalue weighted by molar-refractivity contribution is 6.11. The van der Waals surface area contributed by atoms with Crippen LogP contribution in [0.2, 0.25) is 0 Å². The zero-order chi connectivity index (χ0) is 18.1. The number of rotatable bonds is 4. The second kappa shape index (κ2) is 7.03. The number of alkyl halides is 1. The van der Waals surface area contributed by atoms with E-state index >= 15 is 4.39 Å². The van der Waals surface area contributed by atoms with Crippen LogP contribution in [0.1, 0.15) is 10.4 Å². The molecule has 0 aromatic heterocycles. The van der Waals surface area contributed by atoms with Crippen molar-refractivity contribution >= 4 is 23.4 Å². The molecule has 136 valence electrons. The molecule has 0 saturated carbocycles. The van der Waals surface area contributed by atoms with Crippen molar-refractivity contribution < 1.29 is 22.8 Å². The first-order valence-corrected chi connectivity index (χ1v) is 8.23. The Kier molecular flexibility index (Phi) is 4.99. The largest absolute Gasteiger partial charge is 0.365 e. The van der Waals surface area contributed by atoms with Crippen LogP contribution in [0.25, 0.3) is 0 Å². The number of anilines is 2. The molecular formula is C17H20F3N3O2. The fraction of sp³-hybridized carbons (Fsp3) is 0.529. The summed E-state index contributed by atoms with van der Waals surface area (Å²) in [7, 11) is 1.93. The van der Waals surface area contributed by atoms with Gasteiger partial charge in [0.2, 0.25) is 0 Å². The molecule has 1 unspecified atom stereocenters. The summed E-state index contributed by atoms with van der Waals surface area (Å²) in [5, 5.41) is 0. The Balaban J connectivity index is 2.08. The standard InChI is InChI=1S/C17H20F3N3O2/c1-21-4-6-22(7-5-21)16-13(19)8-12-15(14(16)20)23(3-2-18)9-11(10-24)17(12)25/h8,10-11H,2-7,9H2,1H3. The smallest absolute Gasteiger partial charge is 0.177 e. The van der Waals surface area contributed by atoms with E-state index in [2.05, 4.69) is 4.90 Å². The second-order valence-electron chi connectivity index (χ2n) is 6.45. The lowest BCUT2D eigenvalue weighted by Crippen LogP contribution is -2.46. The molecule has 25 heavy (non-hydrogen) atoms. The number of benzene rings is 1. The van der Waals surface area contributed by atoms with Crippen LogP contribution in [0, 0.1) is 17.6 Å². The first-order chi connectivity index (χ1) is 12.0. The van der Waals surface area contributed by atoms with Gasteiger partial charge < -0.3 is 19.5 Å². The number of piperazine rings is 1. The summed E-state index contributed by atoms with van der Waals surface area (Å²) in [5.41, 5.74) is -0.478. The zero-order valence-electron chi connectivity index (χ0n) is 14.0. The third-order valence-corrected chi connectivity index (χ3v) is 4.84. The van der Waals surface area contributed by atoms with Gasteiger partial charge in [-0.25, -0.2) is 13.2 Å². The Morgan fingerprint density at radius 3 is 2.48 bits per heavy atom. The van der Waals surface area contributed by atoms with Crippen LogP contribution in [0.3, 0.4) is 0 Å². The van der Waals surface area contributed by atoms with Gasteiger partial charge in [-0.15, -0.1) is 0 Å². The third-order valence-electron chi connectivity index (χ3n) is 4.84. The Morgan fingerprint density at radius 1 is 1.20 bits per heavy atom. The number of aldehydes is 1. The Bertz CT molecular complexity index is 690. The highest BCUT2D eigenvalue weighted by atomic mass is 19.1. The molecule has 3 rings (SSSR count). The van der Waals surface area contributed by atoms with Crippen molar-refractivity contribution in [2.75, 3.05) is 62.8 Å². The van der Waals surface area contributed by atoms with Crippen molar-refractivity contribution in [3.8, 4) is 0 Å². The summed E-state index contributed by atoms with van der Waals surface area (Å²) < 4.78 is 42.7. The van der Waals surface area contributed by atoms with Crippen LogP contribution in [0.5, 0.6) is 0 Å². The van der Waals surface area contributed by atoms with E-state index in [9.17, 15) is 18.4 Å². The zero-order valence-corrected chi connectivity index (χ0v) is 14.0. The molecule has 0 N–H and O–H groups in total. The summed E-state index contributed by atoms with van der Waals surface area (Å²) in [6.45, 7) is 1.22. The Morgan fingerprint density at radius 2 is 1.88 bits per heavy atom. The number of carbonyl (C=O) groups is 2. The molecule has 1 aromatic rings. The Labute approximate surface area is 144 Å². The van der Waals surface area contributed by atoms with Gasteiger partial charge in [-0.1, -0.05) is 0 Å². The number of likely N-dealkylation sites (N-methyl/N-ethyl adjacent to an activating group) is 1. The van der Waals surface area contributed by atoms with E-state index in [4.69, 9.17) is 0 Å². The van der Waals surface area contributed by atoms with Crippen LogP contribution in [-0.2, 0) is 4.79 Å². The number of hydrogen-bond acceptors (Lipinski definition) is 5. The van der Waals surface area contributed by atoms with Crippen molar-refractivity contribution in [1.82, 2.24) is 4.90 Å². The van der Waals surface area contributed by atoms with Gasteiger partial charge in [-0.2, -0.15) is 0 Å². The number of hydrogen-bond donors (Lipinski definition) is 0. The molecule has 1 saturated heterocycles. The highest BCUT2D eigenvalue weighted by Gasteiger charge is 2.37. The average molecular weight is 355 g/mol. The van der Waals surface area contributed by atoms with E-state index in [1.54, 1.807) is 4.90 Å². The number of halogens is 3. The fourth-order valence-electron chi connectivity index (χ4n) is 3.44. The minimum atomic E-state index is -1.03. The van der Waals surface area contributed by atoms with Gasteiger partial charge in [0.1, 0.15) is 24.5 Å². The van der Waals surface area contributed by atoms with Crippen molar-refractivity contribution in [2.45, 2.75) is 0 Å². The maximum atomic E-state index is 15.2. The van der Waals surface area contributed by atoms with Gasteiger partial charge in [-0.05, 0) is 13.1 Å². The maximum Gasteiger partial charge on any atom is 0.177 e. The molecule has 0 amide bonds. The van der Waals surface area contributed by atoms with Gasteiger partial charge in [0, 0.05) is 44.8 Å². The predicted molar refractivity (Wildman–Crippen MR) is 88.1 cm³/mol. The van der Waals surface area contributed by atoms with E-state index in [0.29, 0.717) is 32.5 Å². The van der Waals surface area contributed by atoms with Crippen molar-refractivity contribution in [3.05, 3.63) is 23.3 Å². The monoisotopic (exact) mass is 355 g/mol. The lowest BCUT2D eigenvalue weighted by molar-refractivity contribution is -0.109. The van der Waals surface area contributed by atoms with Gasteiger partial charge in [0.05, 0.1) is 11.6 Å². The third kappa shape index (κ3) is 3.10.